The molecule has 0 saturated carbocycles. The van der Waals surface area contributed by atoms with Gasteiger partial charge in [-0.2, -0.15) is 0 Å². The van der Waals surface area contributed by atoms with Gasteiger partial charge in [-0.1, -0.05) is 33.6 Å². The molecule has 0 nitrogen and oxygen atoms in total. The summed E-state index contributed by atoms with van der Waals surface area (Å²) in [6.07, 6.45) is 3.38. The van der Waals surface area contributed by atoms with Gasteiger partial charge in [0, 0.05) is 0 Å². The van der Waals surface area contributed by atoms with Crippen LogP contribution in [0, 0.1) is 11.8 Å². The molecule has 0 bridgehead atoms. The molecule has 0 saturated heterocycles. The maximum Gasteiger partial charge on any atom is 0.108 e. The Labute approximate surface area is 76.6 Å². The van der Waals surface area contributed by atoms with E-state index in [2.05, 4.69) is 13.8 Å². The fourth-order valence-corrected chi connectivity index (χ4v) is 1.08. The Hall–Kier alpha value is -0.0700. The Morgan fingerprint density at radius 3 is 2.00 bits per heavy atom. The van der Waals surface area contributed by atoms with E-state index in [-0.39, 0.29) is 5.92 Å². The number of hydrogen-bond donors (Lipinski definition) is 0. The van der Waals surface area contributed by atoms with Crippen molar-refractivity contribution < 1.29 is 4.39 Å². The molecule has 0 aliphatic heterocycles. The van der Waals surface area contributed by atoms with Crippen molar-refractivity contribution in [2.75, 3.05) is 0 Å². The third-order valence-corrected chi connectivity index (χ3v) is 2.96. The van der Waals surface area contributed by atoms with Crippen molar-refractivity contribution in [2.45, 2.75) is 59.5 Å². The molecule has 2 unspecified atom stereocenters. The molecule has 2 atom stereocenters. The zero-order valence-electron chi connectivity index (χ0n) is 9.15. The lowest BCUT2D eigenvalue weighted by molar-refractivity contribution is 0.124. The Balaban J connectivity index is 3.64. The number of alkyl halides is 1. The highest BCUT2D eigenvalue weighted by atomic mass is 19.1. The van der Waals surface area contributed by atoms with Gasteiger partial charge in [-0.3, -0.25) is 0 Å². The van der Waals surface area contributed by atoms with Crippen molar-refractivity contribution in [2.24, 2.45) is 11.8 Å². The van der Waals surface area contributed by atoms with Gasteiger partial charge in [-0.15, -0.1) is 0 Å². The van der Waals surface area contributed by atoms with E-state index in [4.69, 9.17) is 0 Å². The molecule has 0 N–H and O–H groups in total. The van der Waals surface area contributed by atoms with Crippen LogP contribution in [0.5, 0.6) is 0 Å². The van der Waals surface area contributed by atoms with E-state index in [0.717, 1.165) is 18.8 Å². The first-order valence-corrected chi connectivity index (χ1v) is 5.06. The second-order valence-corrected chi connectivity index (χ2v) is 4.56. The maximum atomic E-state index is 13.3. The van der Waals surface area contributed by atoms with Gasteiger partial charge in [0.25, 0.3) is 0 Å². The van der Waals surface area contributed by atoms with E-state index in [1.165, 1.54) is 6.42 Å². The van der Waals surface area contributed by atoms with Gasteiger partial charge in [0.05, 0.1) is 0 Å². The van der Waals surface area contributed by atoms with E-state index < -0.39 is 5.67 Å². The molecule has 0 fully saturated rings. The summed E-state index contributed by atoms with van der Waals surface area (Å²) in [6, 6.07) is 0. The van der Waals surface area contributed by atoms with E-state index in [1.54, 1.807) is 13.8 Å². The number of halogens is 1. The van der Waals surface area contributed by atoms with Crippen LogP contribution in [0.25, 0.3) is 0 Å². The van der Waals surface area contributed by atoms with Crippen molar-refractivity contribution in [1.29, 1.82) is 0 Å². The quantitative estimate of drug-likeness (QED) is 0.586. The van der Waals surface area contributed by atoms with Crippen LogP contribution in [0.3, 0.4) is 0 Å². The minimum atomic E-state index is -1.01. The highest BCUT2D eigenvalue weighted by Gasteiger charge is 2.24. The Bertz CT molecular complexity index is 113. The van der Waals surface area contributed by atoms with Crippen LogP contribution in [0.1, 0.15) is 53.9 Å². The standard InChI is InChI=1S/C11H23F/c1-6-9(2)7-8-10(3)11(4,5)12/h9-10H,6-8H2,1-5H3. The first kappa shape index (κ1) is 11.9. The minimum absolute atomic E-state index is 0.187. The fraction of sp³-hybridized carbons (Fsp3) is 1.00. The summed E-state index contributed by atoms with van der Waals surface area (Å²) < 4.78 is 13.3. The molecule has 0 aliphatic carbocycles. The van der Waals surface area contributed by atoms with Gasteiger partial charge in [0.1, 0.15) is 5.67 Å². The summed E-state index contributed by atoms with van der Waals surface area (Å²) in [4.78, 5) is 0. The van der Waals surface area contributed by atoms with Crippen LogP contribution in [-0.4, -0.2) is 5.67 Å². The summed E-state index contributed by atoms with van der Waals surface area (Å²) in [5.74, 6) is 0.932. The third kappa shape index (κ3) is 4.74. The van der Waals surface area contributed by atoms with E-state index in [9.17, 15) is 4.39 Å². The molecule has 0 heterocycles. The summed E-state index contributed by atoms with van der Waals surface area (Å²) in [6.45, 7) is 9.78. The van der Waals surface area contributed by atoms with Crippen molar-refractivity contribution >= 4 is 0 Å². The van der Waals surface area contributed by atoms with Crippen molar-refractivity contribution in [3.05, 3.63) is 0 Å². The molecular formula is C11H23F. The molecule has 0 aromatic heterocycles. The van der Waals surface area contributed by atoms with Gasteiger partial charge >= 0.3 is 0 Å². The summed E-state index contributed by atoms with van der Waals surface area (Å²) in [7, 11) is 0. The molecule has 0 aromatic carbocycles. The summed E-state index contributed by atoms with van der Waals surface area (Å²) in [5.41, 5.74) is -1.01. The lowest BCUT2D eigenvalue weighted by atomic mass is 9.87. The first-order valence-electron chi connectivity index (χ1n) is 5.06. The molecule has 12 heavy (non-hydrogen) atoms. The van der Waals surface area contributed by atoms with Gasteiger partial charge in [0.15, 0.2) is 0 Å². The molecule has 0 aliphatic rings. The predicted molar refractivity (Wildman–Crippen MR) is 53.0 cm³/mol. The molecule has 0 radical (unpaired) electrons. The molecule has 1 heteroatoms. The van der Waals surface area contributed by atoms with Crippen LogP contribution < -0.4 is 0 Å². The number of rotatable bonds is 5. The smallest absolute Gasteiger partial charge is 0.108 e. The van der Waals surface area contributed by atoms with Gasteiger partial charge < -0.3 is 0 Å². The molecule has 0 aromatic rings. The average molecular weight is 174 g/mol. The molecule has 0 spiro atoms. The van der Waals surface area contributed by atoms with Gasteiger partial charge in [-0.05, 0) is 32.1 Å². The van der Waals surface area contributed by atoms with Crippen LogP contribution >= 0.6 is 0 Å². The predicted octanol–water partition coefficient (Wildman–Crippen LogP) is 4.20. The lowest BCUT2D eigenvalue weighted by Crippen LogP contribution is -2.23. The third-order valence-electron chi connectivity index (χ3n) is 2.96. The van der Waals surface area contributed by atoms with Crippen molar-refractivity contribution in [3.8, 4) is 0 Å². The Kier molecular flexibility index (Phi) is 4.81. The minimum Gasteiger partial charge on any atom is -0.244 e. The van der Waals surface area contributed by atoms with Gasteiger partial charge in [0.2, 0.25) is 0 Å². The van der Waals surface area contributed by atoms with E-state index in [0.29, 0.717) is 0 Å². The highest BCUT2D eigenvalue weighted by molar-refractivity contribution is 4.74. The van der Waals surface area contributed by atoms with E-state index in [1.807, 2.05) is 6.92 Å². The molecule has 0 amide bonds. The van der Waals surface area contributed by atoms with Crippen LogP contribution in [0.2, 0.25) is 0 Å². The topological polar surface area (TPSA) is 0 Å². The zero-order chi connectivity index (χ0) is 9.78. The maximum absolute atomic E-state index is 13.3. The summed E-state index contributed by atoms with van der Waals surface area (Å²) in [5, 5.41) is 0. The molecular weight excluding hydrogens is 151 g/mol. The van der Waals surface area contributed by atoms with Crippen LogP contribution in [0.15, 0.2) is 0 Å². The van der Waals surface area contributed by atoms with Crippen molar-refractivity contribution in [1.82, 2.24) is 0 Å². The largest absolute Gasteiger partial charge is 0.244 e. The monoisotopic (exact) mass is 174 g/mol. The van der Waals surface area contributed by atoms with Crippen LogP contribution in [0.4, 0.5) is 4.39 Å². The first-order chi connectivity index (χ1) is 5.38. The molecule has 0 rings (SSSR count). The number of hydrogen-bond acceptors (Lipinski definition) is 0. The normalized spacial score (nSPS) is 17.5. The van der Waals surface area contributed by atoms with Crippen molar-refractivity contribution in [3.63, 3.8) is 0 Å². The molecule has 74 valence electrons. The fourth-order valence-electron chi connectivity index (χ4n) is 1.08. The average Bonchev–Trinajstić information content (AvgIpc) is 1.97. The Morgan fingerprint density at radius 1 is 1.17 bits per heavy atom. The zero-order valence-corrected chi connectivity index (χ0v) is 9.15. The second-order valence-electron chi connectivity index (χ2n) is 4.56. The second kappa shape index (κ2) is 4.84. The van der Waals surface area contributed by atoms with Crippen LogP contribution in [-0.2, 0) is 0 Å². The SMILES string of the molecule is CCC(C)CCC(C)C(C)(C)F. The highest BCUT2D eigenvalue weighted by Crippen LogP contribution is 2.26. The Morgan fingerprint density at radius 2 is 1.67 bits per heavy atom. The summed E-state index contributed by atoms with van der Waals surface area (Å²) >= 11 is 0. The lowest BCUT2D eigenvalue weighted by Gasteiger charge is -2.24. The van der Waals surface area contributed by atoms with Gasteiger partial charge in [-0.25, -0.2) is 4.39 Å². The van der Waals surface area contributed by atoms with E-state index >= 15 is 0 Å².